The first-order valence-corrected chi connectivity index (χ1v) is 9.89. The van der Waals surface area contributed by atoms with Crippen LogP contribution in [-0.2, 0) is 0 Å². The van der Waals surface area contributed by atoms with Gasteiger partial charge in [-0.05, 0) is 35.4 Å². The first-order valence-electron chi connectivity index (χ1n) is 9.14. The van der Waals surface area contributed by atoms with Crippen molar-refractivity contribution in [2.75, 3.05) is 26.2 Å². The molecule has 0 spiro atoms. The number of rotatable bonds is 3. The van der Waals surface area contributed by atoms with Crippen LogP contribution in [0.4, 0.5) is 4.79 Å². The molecule has 4 rings (SSSR count). The van der Waals surface area contributed by atoms with Gasteiger partial charge >= 0.3 is 6.03 Å². The van der Waals surface area contributed by atoms with E-state index in [2.05, 4.69) is 34.1 Å². The van der Waals surface area contributed by atoms with Gasteiger partial charge in [0.05, 0.1) is 6.04 Å². The van der Waals surface area contributed by atoms with Gasteiger partial charge in [0, 0.05) is 48.6 Å². The van der Waals surface area contributed by atoms with Crippen LogP contribution in [0.1, 0.15) is 17.2 Å². The Morgan fingerprint density at radius 1 is 0.857 bits per heavy atom. The van der Waals surface area contributed by atoms with Gasteiger partial charge in [-0.2, -0.15) is 0 Å². The minimum atomic E-state index is -0.0355. The summed E-state index contributed by atoms with van der Waals surface area (Å²) in [5, 5.41) is 1.43. The fourth-order valence-electron chi connectivity index (χ4n) is 3.61. The quantitative estimate of drug-likeness (QED) is 0.630. The highest BCUT2D eigenvalue weighted by Gasteiger charge is 2.28. The van der Waals surface area contributed by atoms with Crippen molar-refractivity contribution in [2.24, 2.45) is 0 Å². The predicted molar refractivity (Wildman–Crippen MR) is 111 cm³/mol. The number of hydrogen-bond donors (Lipinski definition) is 0. The summed E-state index contributed by atoms with van der Waals surface area (Å²) in [6, 6.07) is 15.9. The van der Waals surface area contributed by atoms with Crippen LogP contribution in [0.15, 0.2) is 67.3 Å². The molecular formula is C21H20Cl2N4O. The van der Waals surface area contributed by atoms with E-state index in [-0.39, 0.29) is 12.1 Å². The zero-order valence-corrected chi connectivity index (χ0v) is 16.7. The minimum absolute atomic E-state index is 0.0355. The third kappa shape index (κ3) is 4.07. The molecule has 1 aliphatic heterocycles. The Bertz CT molecular complexity index is 873. The molecule has 3 aromatic rings. The van der Waals surface area contributed by atoms with Crippen LogP contribution in [0.2, 0.25) is 10.0 Å². The molecule has 0 aliphatic carbocycles. The lowest BCUT2D eigenvalue weighted by molar-refractivity contribution is 0.121. The minimum Gasteiger partial charge on any atom is -0.321 e. The average molecular weight is 415 g/mol. The van der Waals surface area contributed by atoms with E-state index in [1.165, 1.54) is 15.7 Å². The fraction of sp³-hybridized carbons (Fsp3) is 0.238. The molecule has 2 heterocycles. The summed E-state index contributed by atoms with van der Waals surface area (Å²) in [5.41, 5.74) is 2.34. The molecule has 1 fully saturated rings. The topological polar surface area (TPSA) is 41.4 Å². The second kappa shape index (κ2) is 8.35. The molecular weight excluding hydrogens is 395 g/mol. The Labute approximate surface area is 174 Å². The molecule has 0 atom stereocenters. The molecule has 7 heteroatoms. The molecule has 1 aromatic heterocycles. The van der Waals surface area contributed by atoms with Crippen LogP contribution >= 0.6 is 23.2 Å². The zero-order chi connectivity index (χ0) is 19.5. The summed E-state index contributed by atoms with van der Waals surface area (Å²) < 4.78 is 1.52. The van der Waals surface area contributed by atoms with Crippen molar-refractivity contribution < 1.29 is 4.79 Å². The summed E-state index contributed by atoms with van der Waals surface area (Å²) in [6.07, 6.45) is 4.84. The molecule has 2 aromatic carbocycles. The number of carbonyl (C=O) groups is 1. The lowest BCUT2D eigenvalue weighted by Crippen LogP contribution is -2.50. The molecule has 0 bridgehead atoms. The highest BCUT2D eigenvalue weighted by molar-refractivity contribution is 6.30. The van der Waals surface area contributed by atoms with Crippen LogP contribution in [0.3, 0.4) is 0 Å². The molecule has 5 nitrogen and oxygen atoms in total. The summed E-state index contributed by atoms with van der Waals surface area (Å²) >= 11 is 12.2. The van der Waals surface area contributed by atoms with Gasteiger partial charge in [-0.3, -0.25) is 9.47 Å². The first kappa shape index (κ1) is 19.0. The van der Waals surface area contributed by atoms with E-state index in [0.717, 1.165) is 13.1 Å². The molecule has 1 saturated heterocycles. The Morgan fingerprint density at radius 3 is 1.86 bits per heavy atom. The van der Waals surface area contributed by atoms with Crippen molar-refractivity contribution in [3.05, 3.63) is 88.4 Å². The Morgan fingerprint density at radius 2 is 1.39 bits per heavy atom. The summed E-state index contributed by atoms with van der Waals surface area (Å²) in [7, 11) is 0. The van der Waals surface area contributed by atoms with Crippen LogP contribution in [-0.4, -0.2) is 51.6 Å². The van der Waals surface area contributed by atoms with E-state index >= 15 is 0 Å². The van der Waals surface area contributed by atoms with E-state index in [4.69, 9.17) is 23.2 Å². The molecule has 28 heavy (non-hydrogen) atoms. The average Bonchev–Trinajstić information content (AvgIpc) is 3.26. The maximum absolute atomic E-state index is 12.6. The lowest BCUT2D eigenvalue weighted by atomic mass is 9.96. The SMILES string of the molecule is O=C(N1CCN(C(c2ccc(Cl)cc2)c2ccc(Cl)cc2)CC1)n1ccnc1. The third-order valence-corrected chi connectivity index (χ3v) is 5.55. The second-order valence-corrected chi connectivity index (χ2v) is 7.65. The first-order chi connectivity index (χ1) is 13.6. The van der Waals surface area contributed by atoms with Gasteiger partial charge in [-0.25, -0.2) is 9.78 Å². The predicted octanol–water partition coefficient (Wildman–Crippen LogP) is 4.57. The van der Waals surface area contributed by atoms with E-state index in [1.807, 2.05) is 29.2 Å². The summed E-state index contributed by atoms with van der Waals surface area (Å²) in [6.45, 7) is 2.87. The summed E-state index contributed by atoms with van der Waals surface area (Å²) in [4.78, 5) is 20.8. The molecule has 1 aliphatic rings. The van der Waals surface area contributed by atoms with Crippen LogP contribution in [0.5, 0.6) is 0 Å². The molecule has 0 N–H and O–H groups in total. The number of piperazine rings is 1. The number of nitrogens with zero attached hydrogens (tertiary/aromatic N) is 4. The Kier molecular flexibility index (Phi) is 5.67. The van der Waals surface area contributed by atoms with E-state index < -0.39 is 0 Å². The van der Waals surface area contributed by atoms with Crippen molar-refractivity contribution in [3.8, 4) is 0 Å². The molecule has 0 unspecified atom stereocenters. The zero-order valence-electron chi connectivity index (χ0n) is 15.2. The van der Waals surface area contributed by atoms with Gasteiger partial charge in [0.1, 0.15) is 6.33 Å². The van der Waals surface area contributed by atoms with Gasteiger partial charge in [0.25, 0.3) is 0 Å². The van der Waals surface area contributed by atoms with Crippen molar-refractivity contribution in [1.29, 1.82) is 0 Å². The van der Waals surface area contributed by atoms with E-state index in [9.17, 15) is 4.79 Å². The Balaban J connectivity index is 1.55. The Hall–Kier alpha value is -2.34. The standard InChI is InChI=1S/C21H20Cl2N4O/c22-18-5-1-16(2-6-18)20(17-3-7-19(23)8-4-17)25-11-13-26(14-12-25)21(28)27-10-9-24-15-27/h1-10,15,20H,11-14H2. The van der Waals surface area contributed by atoms with Crippen LogP contribution in [0.25, 0.3) is 0 Å². The number of amides is 1. The van der Waals surface area contributed by atoms with Crippen molar-refractivity contribution >= 4 is 29.2 Å². The van der Waals surface area contributed by atoms with Gasteiger partial charge < -0.3 is 4.90 Å². The normalized spacial score (nSPS) is 15.2. The van der Waals surface area contributed by atoms with Crippen molar-refractivity contribution in [3.63, 3.8) is 0 Å². The lowest BCUT2D eigenvalue weighted by Gasteiger charge is -2.39. The fourth-order valence-corrected chi connectivity index (χ4v) is 3.86. The van der Waals surface area contributed by atoms with Crippen molar-refractivity contribution in [1.82, 2.24) is 19.4 Å². The maximum atomic E-state index is 12.6. The van der Waals surface area contributed by atoms with E-state index in [0.29, 0.717) is 23.1 Å². The number of imidazole rings is 1. The highest BCUT2D eigenvalue weighted by Crippen LogP contribution is 2.31. The number of carbonyl (C=O) groups excluding carboxylic acids is 1. The van der Waals surface area contributed by atoms with Gasteiger partial charge in [-0.15, -0.1) is 0 Å². The van der Waals surface area contributed by atoms with Crippen LogP contribution < -0.4 is 0 Å². The number of aromatic nitrogens is 2. The molecule has 0 radical (unpaired) electrons. The van der Waals surface area contributed by atoms with Gasteiger partial charge in [0.2, 0.25) is 0 Å². The largest absolute Gasteiger partial charge is 0.329 e. The third-order valence-electron chi connectivity index (χ3n) is 5.05. The van der Waals surface area contributed by atoms with Gasteiger partial charge in [-0.1, -0.05) is 47.5 Å². The summed E-state index contributed by atoms with van der Waals surface area (Å²) in [5.74, 6) is 0. The maximum Gasteiger partial charge on any atom is 0.329 e. The second-order valence-electron chi connectivity index (χ2n) is 6.78. The van der Waals surface area contributed by atoms with E-state index in [1.54, 1.807) is 18.7 Å². The molecule has 0 saturated carbocycles. The monoisotopic (exact) mass is 414 g/mol. The smallest absolute Gasteiger partial charge is 0.321 e. The van der Waals surface area contributed by atoms with Crippen LogP contribution in [0, 0.1) is 0 Å². The number of benzene rings is 2. The number of hydrogen-bond acceptors (Lipinski definition) is 3. The molecule has 1 amide bonds. The number of halogens is 2. The van der Waals surface area contributed by atoms with Crippen molar-refractivity contribution in [2.45, 2.75) is 6.04 Å². The highest BCUT2D eigenvalue weighted by atomic mass is 35.5. The molecule has 144 valence electrons. The van der Waals surface area contributed by atoms with Gasteiger partial charge in [0.15, 0.2) is 0 Å².